The number of ketones is 1. The lowest BCUT2D eigenvalue weighted by atomic mass is 9.68. The van der Waals surface area contributed by atoms with Crippen molar-refractivity contribution in [3.63, 3.8) is 0 Å². The largest absolute Gasteiger partial charge is 0.358 e. The van der Waals surface area contributed by atoms with Crippen molar-refractivity contribution in [3.05, 3.63) is 80.6 Å². The number of Topliss-reactive ketones (excluding diaryl/α,β-unsaturated/α-hetero) is 1. The second-order valence-electron chi connectivity index (χ2n) is 9.08. The van der Waals surface area contributed by atoms with Gasteiger partial charge >= 0.3 is 0 Å². The normalized spacial score (nSPS) is 20.0. The Labute approximate surface area is 186 Å². The van der Waals surface area contributed by atoms with E-state index in [4.69, 9.17) is 28.2 Å². The molecule has 3 aromatic rings. The summed E-state index contributed by atoms with van der Waals surface area (Å²) < 4.78 is 0. The van der Waals surface area contributed by atoms with E-state index in [1.54, 1.807) is 6.07 Å². The van der Waals surface area contributed by atoms with Crippen molar-refractivity contribution < 1.29 is 4.79 Å². The molecule has 30 heavy (non-hydrogen) atoms. The fourth-order valence-corrected chi connectivity index (χ4v) is 5.31. The molecule has 0 fully saturated rings. The molecule has 1 aliphatic carbocycles. The Morgan fingerprint density at radius 2 is 1.87 bits per heavy atom. The molecule has 0 bridgehead atoms. The molecule has 3 nitrogen and oxygen atoms in total. The predicted molar refractivity (Wildman–Crippen MR) is 123 cm³/mol. The van der Waals surface area contributed by atoms with Gasteiger partial charge in [0.1, 0.15) is 0 Å². The fourth-order valence-electron chi connectivity index (χ4n) is 4.89. The highest BCUT2D eigenvalue weighted by Crippen LogP contribution is 2.52. The Hall–Kier alpha value is -2.36. The van der Waals surface area contributed by atoms with Crippen LogP contribution in [0.5, 0.6) is 0 Å². The summed E-state index contributed by atoms with van der Waals surface area (Å²) in [7, 11) is 0. The van der Waals surface area contributed by atoms with E-state index in [2.05, 4.69) is 31.3 Å². The lowest BCUT2D eigenvalue weighted by Crippen LogP contribution is -2.34. The molecule has 2 aliphatic rings. The van der Waals surface area contributed by atoms with Gasteiger partial charge < -0.3 is 5.32 Å². The van der Waals surface area contributed by atoms with Gasteiger partial charge in [-0.05, 0) is 54.2 Å². The van der Waals surface area contributed by atoms with Gasteiger partial charge in [0.25, 0.3) is 0 Å². The Morgan fingerprint density at radius 1 is 1.07 bits per heavy atom. The van der Waals surface area contributed by atoms with Gasteiger partial charge in [0.2, 0.25) is 0 Å². The molecule has 1 atom stereocenters. The molecule has 5 heteroatoms. The first kappa shape index (κ1) is 19.6. The summed E-state index contributed by atoms with van der Waals surface area (Å²) in [6.45, 7) is 6.26. The van der Waals surface area contributed by atoms with Crippen molar-refractivity contribution in [3.8, 4) is 0 Å². The molecular weight excluding hydrogens is 415 g/mol. The second kappa shape index (κ2) is 6.83. The van der Waals surface area contributed by atoms with Crippen molar-refractivity contribution in [2.24, 2.45) is 5.41 Å². The van der Waals surface area contributed by atoms with Crippen LogP contribution in [-0.2, 0) is 4.79 Å². The average molecular weight is 437 g/mol. The monoisotopic (exact) mass is 436 g/mol. The van der Waals surface area contributed by atoms with Crippen LogP contribution in [0.2, 0.25) is 10.0 Å². The first-order chi connectivity index (χ1) is 14.2. The SMILES string of the molecule is Cc1ccc2c3c(ccc2n1)NC1=C(C(=O)CC(C)(C)C1)[C@@H]3c1cccc(Cl)c1Cl. The topological polar surface area (TPSA) is 42.0 Å². The molecule has 152 valence electrons. The maximum absolute atomic E-state index is 13.4. The van der Waals surface area contributed by atoms with Crippen molar-refractivity contribution in [2.45, 2.75) is 39.5 Å². The van der Waals surface area contributed by atoms with Crippen LogP contribution in [-0.4, -0.2) is 10.8 Å². The van der Waals surface area contributed by atoms with Gasteiger partial charge in [-0.2, -0.15) is 0 Å². The lowest BCUT2D eigenvalue weighted by Gasteiger charge is -2.40. The average Bonchev–Trinajstić information content (AvgIpc) is 2.67. The molecule has 0 saturated carbocycles. The van der Waals surface area contributed by atoms with E-state index in [1.807, 2.05) is 31.2 Å². The number of halogens is 2. The molecular formula is C25H22Cl2N2O. The van der Waals surface area contributed by atoms with Gasteiger partial charge in [0, 0.05) is 40.4 Å². The van der Waals surface area contributed by atoms with Gasteiger partial charge in [-0.15, -0.1) is 0 Å². The highest BCUT2D eigenvalue weighted by molar-refractivity contribution is 6.42. The maximum atomic E-state index is 13.4. The van der Waals surface area contributed by atoms with Crippen LogP contribution in [0.3, 0.4) is 0 Å². The van der Waals surface area contributed by atoms with Crippen molar-refractivity contribution in [2.75, 3.05) is 5.32 Å². The predicted octanol–water partition coefficient (Wildman–Crippen LogP) is 7.05. The van der Waals surface area contributed by atoms with Crippen LogP contribution in [0.25, 0.3) is 10.9 Å². The minimum absolute atomic E-state index is 0.0847. The minimum atomic E-state index is -0.278. The number of aryl methyl sites for hydroxylation is 1. The molecule has 2 heterocycles. The van der Waals surface area contributed by atoms with Crippen molar-refractivity contribution in [1.82, 2.24) is 4.98 Å². The number of allylic oxidation sites excluding steroid dienone is 2. The quantitative estimate of drug-likeness (QED) is 0.444. The second-order valence-corrected chi connectivity index (χ2v) is 9.87. The van der Waals surface area contributed by atoms with Crippen LogP contribution >= 0.6 is 23.2 Å². The molecule has 0 amide bonds. The molecule has 1 N–H and O–H groups in total. The van der Waals surface area contributed by atoms with Crippen LogP contribution in [0.1, 0.15) is 49.4 Å². The fraction of sp³-hybridized carbons (Fsp3) is 0.280. The Kier molecular flexibility index (Phi) is 4.46. The summed E-state index contributed by atoms with van der Waals surface area (Å²) in [5.41, 5.74) is 6.47. The van der Waals surface area contributed by atoms with Gasteiger partial charge in [-0.25, -0.2) is 0 Å². The molecule has 1 aliphatic heterocycles. The van der Waals surface area contributed by atoms with Crippen LogP contribution in [0, 0.1) is 12.3 Å². The van der Waals surface area contributed by atoms with E-state index in [0.29, 0.717) is 16.5 Å². The van der Waals surface area contributed by atoms with Crippen LogP contribution in [0.4, 0.5) is 5.69 Å². The number of hydrogen-bond acceptors (Lipinski definition) is 3. The smallest absolute Gasteiger partial charge is 0.162 e. The van der Waals surface area contributed by atoms with E-state index < -0.39 is 0 Å². The van der Waals surface area contributed by atoms with Gasteiger partial charge in [-0.3, -0.25) is 9.78 Å². The van der Waals surface area contributed by atoms with E-state index in [-0.39, 0.29) is 17.1 Å². The summed E-state index contributed by atoms with van der Waals surface area (Å²) in [5, 5.41) is 5.60. The zero-order valence-corrected chi connectivity index (χ0v) is 18.7. The summed E-state index contributed by atoms with van der Waals surface area (Å²) in [4.78, 5) is 18.1. The number of aromatic nitrogens is 1. The highest BCUT2D eigenvalue weighted by atomic mass is 35.5. The van der Waals surface area contributed by atoms with Crippen molar-refractivity contribution in [1.29, 1.82) is 0 Å². The minimum Gasteiger partial charge on any atom is -0.358 e. The molecule has 2 aromatic carbocycles. The van der Waals surface area contributed by atoms with Gasteiger partial charge in [0.15, 0.2) is 5.78 Å². The number of pyridine rings is 1. The number of hydrogen-bond donors (Lipinski definition) is 1. The van der Waals surface area contributed by atoms with Crippen LogP contribution in [0.15, 0.2) is 53.7 Å². The number of nitrogens with zero attached hydrogens (tertiary/aromatic N) is 1. The molecule has 1 aromatic heterocycles. The summed E-state index contributed by atoms with van der Waals surface area (Å²) in [6.07, 6.45) is 1.33. The highest BCUT2D eigenvalue weighted by Gasteiger charge is 2.42. The third-order valence-corrected chi connectivity index (χ3v) is 6.96. The number of fused-ring (bicyclic) bond motifs is 3. The number of carbonyl (C=O) groups excluding carboxylic acids is 1. The summed E-state index contributed by atoms with van der Waals surface area (Å²) in [6, 6.07) is 13.9. The molecule has 0 unspecified atom stereocenters. The zero-order chi connectivity index (χ0) is 21.2. The number of rotatable bonds is 1. The third kappa shape index (κ3) is 3.03. The number of anilines is 1. The Morgan fingerprint density at radius 3 is 2.67 bits per heavy atom. The third-order valence-electron chi connectivity index (χ3n) is 6.13. The first-order valence-corrected chi connectivity index (χ1v) is 10.9. The Bertz CT molecular complexity index is 1260. The molecule has 0 radical (unpaired) electrons. The Balaban J connectivity index is 1.85. The van der Waals surface area contributed by atoms with E-state index in [0.717, 1.165) is 51.1 Å². The number of carbonyl (C=O) groups is 1. The van der Waals surface area contributed by atoms with Crippen molar-refractivity contribution >= 4 is 45.6 Å². The number of nitrogens with one attached hydrogen (secondary N) is 1. The number of benzene rings is 2. The zero-order valence-electron chi connectivity index (χ0n) is 17.1. The summed E-state index contributed by atoms with van der Waals surface area (Å²) in [5.74, 6) is -0.114. The van der Waals surface area contributed by atoms with Gasteiger partial charge in [0.05, 0.1) is 15.6 Å². The van der Waals surface area contributed by atoms with E-state index in [1.165, 1.54) is 0 Å². The van der Waals surface area contributed by atoms with E-state index >= 15 is 0 Å². The lowest BCUT2D eigenvalue weighted by molar-refractivity contribution is -0.118. The van der Waals surface area contributed by atoms with Gasteiger partial charge in [-0.1, -0.05) is 55.2 Å². The van der Waals surface area contributed by atoms with Crippen LogP contribution < -0.4 is 5.32 Å². The maximum Gasteiger partial charge on any atom is 0.162 e. The summed E-state index contributed by atoms with van der Waals surface area (Å²) >= 11 is 13.1. The molecule has 0 saturated heterocycles. The standard InChI is InChI=1S/C25H22Cl2N2O/c1-13-7-8-14-17(28-13)9-10-18-21(14)22(15-5-4-6-16(26)24(15)27)23-19(29-18)11-25(2,3)12-20(23)30/h4-10,22,29H,11-12H2,1-3H3/t22-/m1/s1. The molecule has 0 spiro atoms. The molecule has 5 rings (SSSR count). The first-order valence-electron chi connectivity index (χ1n) is 10.1. The van der Waals surface area contributed by atoms with E-state index in [9.17, 15) is 4.79 Å².